The van der Waals surface area contributed by atoms with Crippen LogP contribution in [0.3, 0.4) is 0 Å². The first-order chi connectivity index (χ1) is 10.7. The van der Waals surface area contributed by atoms with E-state index in [2.05, 4.69) is 21.9 Å². The highest BCUT2D eigenvalue weighted by atomic mass is 35.5. The summed E-state index contributed by atoms with van der Waals surface area (Å²) in [5.74, 6) is 0.324. The monoisotopic (exact) mass is 316 g/mol. The average Bonchev–Trinajstić information content (AvgIpc) is 2.56. The molecular formula is C18H21ClN2O. The molecule has 0 spiro atoms. The fourth-order valence-corrected chi connectivity index (χ4v) is 2.96. The van der Waals surface area contributed by atoms with Gasteiger partial charge >= 0.3 is 0 Å². The number of benzene rings is 2. The van der Waals surface area contributed by atoms with Crippen molar-refractivity contribution in [3.05, 3.63) is 59.1 Å². The Morgan fingerprint density at radius 2 is 1.50 bits per heavy atom. The zero-order valence-electron chi connectivity index (χ0n) is 12.6. The second-order valence-corrected chi connectivity index (χ2v) is 6.16. The summed E-state index contributed by atoms with van der Waals surface area (Å²) < 4.78 is 0. The van der Waals surface area contributed by atoms with E-state index in [1.807, 2.05) is 24.3 Å². The average molecular weight is 317 g/mol. The molecule has 4 heteroatoms. The molecule has 1 aliphatic heterocycles. The minimum Gasteiger partial charge on any atom is -0.508 e. The molecule has 1 N–H and O–H groups in total. The summed E-state index contributed by atoms with van der Waals surface area (Å²) in [6.07, 6.45) is 1.07. The van der Waals surface area contributed by atoms with E-state index in [1.165, 1.54) is 11.3 Å². The Morgan fingerprint density at radius 3 is 2.14 bits per heavy atom. The molecule has 1 heterocycles. The van der Waals surface area contributed by atoms with E-state index < -0.39 is 0 Å². The van der Waals surface area contributed by atoms with Crippen LogP contribution in [0.25, 0.3) is 0 Å². The van der Waals surface area contributed by atoms with E-state index in [0.717, 1.165) is 44.2 Å². The number of halogens is 1. The second kappa shape index (κ2) is 7.03. The summed E-state index contributed by atoms with van der Waals surface area (Å²) >= 11 is 5.91. The van der Waals surface area contributed by atoms with Crippen molar-refractivity contribution < 1.29 is 5.11 Å². The Balaban J connectivity index is 1.47. The molecule has 1 aliphatic rings. The van der Waals surface area contributed by atoms with Crippen LogP contribution in [0.15, 0.2) is 48.5 Å². The van der Waals surface area contributed by atoms with Crippen LogP contribution in [0.1, 0.15) is 5.56 Å². The number of anilines is 1. The molecule has 1 saturated heterocycles. The summed E-state index contributed by atoms with van der Waals surface area (Å²) in [6, 6.07) is 15.6. The number of nitrogens with zero attached hydrogens (tertiary/aromatic N) is 2. The van der Waals surface area contributed by atoms with E-state index in [1.54, 1.807) is 12.1 Å². The van der Waals surface area contributed by atoms with Gasteiger partial charge in [0.1, 0.15) is 5.75 Å². The van der Waals surface area contributed by atoms with E-state index in [-0.39, 0.29) is 0 Å². The van der Waals surface area contributed by atoms with Gasteiger partial charge in [-0.2, -0.15) is 0 Å². The van der Waals surface area contributed by atoms with E-state index >= 15 is 0 Å². The maximum atomic E-state index is 9.36. The van der Waals surface area contributed by atoms with E-state index in [9.17, 15) is 5.11 Å². The highest BCUT2D eigenvalue weighted by Gasteiger charge is 2.16. The van der Waals surface area contributed by atoms with Gasteiger partial charge in [0.05, 0.1) is 0 Å². The lowest BCUT2D eigenvalue weighted by molar-refractivity contribution is 0.261. The molecule has 0 unspecified atom stereocenters. The van der Waals surface area contributed by atoms with Crippen LogP contribution in [0.5, 0.6) is 5.75 Å². The van der Waals surface area contributed by atoms with Crippen molar-refractivity contribution in [2.45, 2.75) is 6.42 Å². The van der Waals surface area contributed by atoms with E-state index in [0.29, 0.717) is 5.75 Å². The Bertz CT molecular complexity index is 589. The van der Waals surface area contributed by atoms with Crippen LogP contribution in [0.2, 0.25) is 5.02 Å². The number of phenols is 1. The molecule has 0 amide bonds. The maximum Gasteiger partial charge on any atom is 0.115 e. The minimum absolute atomic E-state index is 0.324. The molecule has 0 bridgehead atoms. The summed E-state index contributed by atoms with van der Waals surface area (Å²) in [5.41, 5.74) is 2.53. The smallest absolute Gasteiger partial charge is 0.115 e. The molecule has 1 fully saturated rings. The van der Waals surface area contributed by atoms with Gasteiger partial charge in [-0.15, -0.1) is 0 Å². The highest BCUT2D eigenvalue weighted by molar-refractivity contribution is 6.30. The van der Waals surface area contributed by atoms with Gasteiger partial charge in [-0.25, -0.2) is 0 Å². The van der Waals surface area contributed by atoms with Crippen LogP contribution in [0.4, 0.5) is 5.69 Å². The lowest BCUT2D eigenvalue weighted by Crippen LogP contribution is -2.46. The number of hydrogen-bond acceptors (Lipinski definition) is 3. The van der Waals surface area contributed by atoms with Crippen LogP contribution in [-0.2, 0) is 6.42 Å². The molecule has 3 nitrogen and oxygen atoms in total. The van der Waals surface area contributed by atoms with Crippen molar-refractivity contribution in [2.24, 2.45) is 0 Å². The van der Waals surface area contributed by atoms with Crippen LogP contribution in [-0.4, -0.2) is 42.7 Å². The quantitative estimate of drug-likeness (QED) is 0.936. The molecule has 0 radical (unpaired) electrons. The first-order valence-electron chi connectivity index (χ1n) is 7.71. The van der Waals surface area contributed by atoms with Gasteiger partial charge in [0.2, 0.25) is 0 Å². The molecule has 2 aromatic carbocycles. The van der Waals surface area contributed by atoms with E-state index in [4.69, 9.17) is 11.6 Å². The SMILES string of the molecule is Oc1ccc(N2CCN(CCc3ccc(Cl)cc3)CC2)cc1. The molecule has 2 aromatic rings. The second-order valence-electron chi connectivity index (χ2n) is 5.72. The molecular weight excluding hydrogens is 296 g/mol. The van der Waals surface area contributed by atoms with Crippen molar-refractivity contribution >= 4 is 17.3 Å². The zero-order chi connectivity index (χ0) is 15.4. The molecule has 22 heavy (non-hydrogen) atoms. The highest BCUT2D eigenvalue weighted by Crippen LogP contribution is 2.20. The van der Waals surface area contributed by atoms with Crippen LogP contribution >= 0.6 is 11.6 Å². The summed E-state index contributed by atoms with van der Waals surface area (Å²) in [4.78, 5) is 4.88. The van der Waals surface area contributed by atoms with Gasteiger partial charge in [0.15, 0.2) is 0 Å². The number of rotatable bonds is 4. The molecule has 0 aliphatic carbocycles. The van der Waals surface area contributed by atoms with Gasteiger partial charge < -0.3 is 10.0 Å². The number of phenolic OH excluding ortho intramolecular Hbond substituents is 1. The topological polar surface area (TPSA) is 26.7 Å². The fraction of sp³-hybridized carbons (Fsp3) is 0.333. The molecule has 0 saturated carbocycles. The summed E-state index contributed by atoms with van der Waals surface area (Å²) in [5, 5.41) is 10.2. The first kappa shape index (κ1) is 15.2. The van der Waals surface area contributed by atoms with Crippen molar-refractivity contribution in [1.82, 2.24) is 4.90 Å². The van der Waals surface area contributed by atoms with Gasteiger partial charge in [-0.05, 0) is 48.4 Å². The zero-order valence-corrected chi connectivity index (χ0v) is 13.3. The predicted molar refractivity (Wildman–Crippen MR) is 91.9 cm³/mol. The lowest BCUT2D eigenvalue weighted by Gasteiger charge is -2.36. The first-order valence-corrected chi connectivity index (χ1v) is 8.09. The Kier molecular flexibility index (Phi) is 4.86. The van der Waals surface area contributed by atoms with Gasteiger partial charge in [0, 0.05) is 43.4 Å². The third kappa shape index (κ3) is 3.93. The van der Waals surface area contributed by atoms with Crippen molar-refractivity contribution in [3.63, 3.8) is 0 Å². The standard InChI is InChI=1S/C18H21ClN2O/c19-16-3-1-15(2-4-16)9-10-20-11-13-21(14-12-20)17-5-7-18(22)8-6-17/h1-8,22H,9-14H2. The molecule has 3 rings (SSSR count). The lowest BCUT2D eigenvalue weighted by atomic mass is 10.1. The molecule has 116 valence electrons. The van der Waals surface area contributed by atoms with Gasteiger partial charge in [0.25, 0.3) is 0 Å². The van der Waals surface area contributed by atoms with Crippen LogP contribution in [0, 0.1) is 0 Å². The fourth-order valence-electron chi connectivity index (χ4n) is 2.83. The molecule has 0 atom stereocenters. The Labute approximate surface area is 136 Å². The third-order valence-electron chi connectivity index (χ3n) is 4.22. The van der Waals surface area contributed by atoms with Gasteiger partial charge in [-0.1, -0.05) is 23.7 Å². The van der Waals surface area contributed by atoms with Crippen molar-refractivity contribution in [1.29, 1.82) is 0 Å². The number of piperazine rings is 1. The predicted octanol–water partition coefficient (Wildman–Crippen LogP) is 3.41. The van der Waals surface area contributed by atoms with Crippen molar-refractivity contribution in [3.8, 4) is 5.75 Å². The Morgan fingerprint density at radius 1 is 0.864 bits per heavy atom. The van der Waals surface area contributed by atoms with Gasteiger partial charge in [-0.3, -0.25) is 4.90 Å². The maximum absolute atomic E-state index is 9.36. The summed E-state index contributed by atoms with van der Waals surface area (Å²) in [6.45, 7) is 5.31. The number of aromatic hydroxyl groups is 1. The minimum atomic E-state index is 0.324. The molecule has 0 aromatic heterocycles. The van der Waals surface area contributed by atoms with Crippen LogP contribution < -0.4 is 4.90 Å². The normalized spacial score (nSPS) is 16.0. The van der Waals surface area contributed by atoms with Crippen molar-refractivity contribution in [2.75, 3.05) is 37.6 Å². The number of hydrogen-bond donors (Lipinski definition) is 1. The Hall–Kier alpha value is -1.71. The largest absolute Gasteiger partial charge is 0.508 e. The third-order valence-corrected chi connectivity index (χ3v) is 4.47. The summed E-state index contributed by atoms with van der Waals surface area (Å²) in [7, 11) is 0.